The number of nitrogens with two attached hydrogens (primary N) is 1. The second-order valence-corrected chi connectivity index (χ2v) is 6.11. The summed E-state index contributed by atoms with van der Waals surface area (Å²) in [6, 6.07) is 0. The first-order chi connectivity index (χ1) is 8.18. The van der Waals surface area contributed by atoms with E-state index in [1.807, 2.05) is 18.7 Å². The Labute approximate surface area is 116 Å². The van der Waals surface area contributed by atoms with Crippen LogP contribution in [0.4, 0.5) is 0 Å². The third-order valence-corrected chi connectivity index (χ3v) is 2.90. The van der Waals surface area contributed by atoms with Crippen LogP contribution in [0.1, 0.15) is 40.5 Å². The molecule has 4 nitrogen and oxygen atoms in total. The number of nitrogens with zero attached hydrogens (tertiary/aromatic N) is 1. The smallest absolute Gasteiger partial charge is 0.225 e. The molecule has 1 amide bonds. The molecule has 18 heavy (non-hydrogen) atoms. The van der Waals surface area contributed by atoms with Crippen LogP contribution in [0.25, 0.3) is 0 Å². The van der Waals surface area contributed by atoms with Gasteiger partial charge in [0.15, 0.2) is 0 Å². The van der Waals surface area contributed by atoms with Crippen molar-refractivity contribution in [3.05, 3.63) is 0 Å². The molecule has 0 aromatic rings. The average molecular weight is 274 g/mol. The Bertz CT molecular complexity index is 291. The minimum Gasteiger partial charge on any atom is -0.393 e. The van der Waals surface area contributed by atoms with Gasteiger partial charge in [-0.25, -0.2) is 0 Å². The largest absolute Gasteiger partial charge is 0.393 e. The van der Waals surface area contributed by atoms with Crippen molar-refractivity contribution >= 4 is 23.1 Å². The van der Waals surface area contributed by atoms with Crippen LogP contribution in [-0.4, -0.2) is 41.6 Å². The summed E-state index contributed by atoms with van der Waals surface area (Å²) in [4.78, 5) is 14.5. The molecule has 0 radical (unpaired) electrons. The second kappa shape index (κ2) is 7.69. The zero-order valence-corrected chi connectivity index (χ0v) is 13.0. The molecule has 0 bridgehead atoms. The summed E-state index contributed by atoms with van der Waals surface area (Å²) in [7, 11) is 1.62. The Morgan fingerprint density at radius 2 is 2.00 bits per heavy atom. The van der Waals surface area contributed by atoms with Crippen molar-refractivity contribution in [3.8, 4) is 0 Å². The number of carbonyl (C=O) groups is 1. The Hall–Kier alpha value is -0.680. The molecule has 0 fully saturated rings. The highest BCUT2D eigenvalue weighted by Crippen LogP contribution is 2.15. The van der Waals surface area contributed by atoms with Gasteiger partial charge in [-0.2, -0.15) is 0 Å². The molecule has 5 heteroatoms. The first-order valence-electron chi connectivity index (χ1n) is 6.29. The molecule has 0 rings (SSSR count). The third-order valence-electron chi connectivity index (χ3n) is 2.70. The maximum absolute atomic E-state index is 12.2. The third kappa shape index (κ3) is 7.61. The Kier molecular flexibility index (Phi) is 7.40. The fourth-order valence-electron chi connectivity index (χ4n) is 1.55. The van der Waals surface area contributed by atoms with Crippen LogP contribution >= 0.6 is 12.2 Å². The van der Waals surface area contributed by atoms with Crippen molar-refractivity contribution in [2.75, 3.05) is 20.2 Å². The minimum atomic E-state index is -0.435. The molecule has 0 aliphatic rings. The predicted molar refractivity (Wildman–Crippen MR) is 78.5 cm³/mol. The first kappa shape index (κ1) is 17.3. The molecule has 0 aromatic heterocycles. The highest BCUT2D eigenvalue weighted by atomic mass is 32.1. The van der Waals surface area contributed by atoms with Crippen molar-refractivity contribution in [3.63, 3.8) is 0 Å². The number of thiocarbonyl (C=S) groups is 1. The summed E-state index contributed by atoms with van der Waals surface area (Å²) in [5.74, 6) is 0.512. The summed E-state index contributed by atoms with van der Waals surface area (Å²) >= 11 is 4.86. The lowest BCUT2D eigenvalue weighted by Crippen LogP contribution is -2.40. The van der Waals surface area contributed by atoms with Crippen molar-refractivity contribution in [1.82, 2.24) is 4.90 Å². The standard InChI is InChI=1S/C13H26N2O2S/c1-10(2)9-15(7-6-11(14)18)12(16)8-13(3,4)17-5/h10H,6-9H2,1-5H3,(H2,14,18). The predicted octanol–water partition coefficient (Wildman–Crippen LogP) is 1.96. The Balaban J connectivity index is 4.53. The van der Waals surface area contributed by atoms with Crippen LogP contribution in [-0.2, 0) is 9.53 Å². The lowest BCUT2D eigenvalue weighted by Gasteiger charge is -2.29. The van der Waals surface area contributed by atoms with E-state index in [1.165, 1.54) is 0 Å². The van der Waals surface area contributed by atoms with Crippen LogP contribution < -0.4 is 5.73 Å². The maximum Gasteiger partial charge on any atom is 0.225 e. The van der Waals surface area contributed by atoms with Gasteiger partial charge >= 0.3 is 0 Å². The lowest BCUT2D eigenvalue weighted by atomic mass is 10.0. The number of amides is 1. The van der Waals surface area contributed by atoms with Crippen molar-refractivity contribution in [2.24, 2.45) is 11.7 Å². The van der Waals surface area contributed by atoms with Crippen LogP contribution in [0.15, 0.2) is 0 Å². The van der Waals surface area contributed by atoms with E-state index in [2.05, 4.69) is 13.8 Å². The van der Waals surface area contributed by atoms with Gasteiger partial charge in [0.25, 0.3) is 0 Å². The van der Waals surface area contributed by atoms with E-state index in [9.17, 15) is 4.79 Å². The Morgan fingerprint density at radius 3 is 2.39 bits per heavy atom. The molecule has 0 heterocycles. The highest BCUT2D eigenvalue weighted by Gasteiger charge is 2.25. The Morgan fingerprint density at radius 1 is 1.44 bits per heavy atom. The molecular formula is C13H26N2O2S. The van der Waals surface area contributed by atoms with Crippen LogP contribution in [0.2, 0.25) is 0 Å². The topological polar surface area (TPSA) is 55.6 Å². The number of rotatable bonds is 8. The fourth-order valence-corrected chi connectivity index (χ4v) is 1.64. The van der Waals surface area contributed by atoms with Gasteiger partial charge in [0.05, 0.1) is 17.0 Å². The van der Waals surface area contributed by atoms with Crippen molar-refractivity contribution in [2.45, 2.75) is 46.1 Å². The van der Waals surface area contributed by atoms with Crippen molar-refractivity contribution in [1.29, 1.82) is 0 Å². The van der Waals surface area contributed by atoms with E-state index >= 15 is 0 Å². The van der Waals surface area contributed by atoms with Gasteiger partial charge in [-0.1, -0.05) is 26.1 Å². The first-order valence-corrected chi connectivity index (χ1v) is 6.70. The summed E-state index contributed by atoms with van der Waals surface area (Å²) in [5.41, 5.74) is 5.06. The molecule has 0 saturated heterocycles. The van der Waals surface area contributed by atoms with Crippen LogP contribution in [0.5, 0.6) is 0 Å². The zero-order chi connectivity index (χ0) is 14.3. The number of hydrogen-bond acceptors (Lipinski definition) is 3. The van der Waals surface area contributed by atoms with E-state index in [0.29, 0.717) is 30.3 Å². The normalized spacial score (nSPS) is 11.7. The SMILES string of the molecule is COC(C)(C)CC(=O)N(CCC(N)=S)CC(C)C. The van der Waals surface area contributed by atoms with Gasteiger partial charge in [0.2, 0.25) is 5.91 Å². The monoisotopic (exact) mass is 274 g/mol. The quantitative estimate of drug-likeness (QED) is 0.688. The number of methoxy groups -OCH3 is 1. The molecule has 106 valence electrons. The lowest BCUT2D eigenvalue weighted by molar-refractivity contribution is -0.136. The van der Waals surface area contributed by atoms with E-state index < -0.39 is 5.60 Å². The fraction of sp³-hybridized carbons (Fsp3) is 0.846. The minimum absolute atomic E-state index is 0.0896. The van der Waals surface area contributed by atoms with E-state index in [-0.39, 0.29) is 5.91 Å². The summed E-state index contributed by atoms with van der Waals surface area (Å²) in [6.45, 7) is 9.30. The summed E-state index contributed by atoms with van der Waals surface area (Å²) < 4.78 is 5.29. The van der Waals surface area contributed by atoms with Gasteiger partial charge < -0.3 is 15.4 Å². The van der Waals surface area contributed by atoms with Gasteiger partial charge in [-0.3, -0.25) is 4.79 Å². The van der Waals surface area contributed by atoms with Crippen LogP contribution in [0.3, 0.4) is 0 Å². The van der Waals surface area contributed by atoms with Gasteiger partial charge in [0, 0.05) is 26.6 Å². The van der Waals surface area contributed by atoms with E-state index in [0.717, 1.165) is 6.54 Å². The molecule has 0 aliphatic heterocycles. The highest BCUT2D eigenvalue weighted by molar-refractivity contribution is 7.80. The molecule has 0 atom stereocenters. The average Bonchev–Trinajstić information content (AvgIpc) is 2.22. The van der Waals surface area contributed by atoms with Crippen molar-refractivity contribution < 1.29 is 9.53 Å². The summed E-state index contributed by atoms with van der Waals surface area (Å²) in [5, 5.41) is 0. The second-order valence-electron chi connectivity index (χ2n) is 5.59. The molecule has 0 saturated carbocycles. The van der Waals surface area contributed by atoms with E-state index in [4.69, 9.17) is 22.7 Å². The zero-order valence-electron chi connectivity index (χ0n) is 12.2. The van der Waals surface area contributed by atoms with Gasteiger partial charge in [-0.15, -0.1) is 0 Å². The van der Waals surface area contributed by atoms with Gasteiger partial charge in [0.1, 0.15) is 0 Å². The van der Waals surface area contributed by atoms with Crippen LogP contribution in [0, 0.1) is 5.92 Å². The van der Waals surface area contributed by atoms with E-state index in [1.54, 1.807) is 7.11 Å². The molecule has 0 aliphatic carbocycles. The molecule has 0 spiro atoms. The molecule has 0 unspecified atom stereocenters. The summed E-state index contributed by atoms with van der Waals surface area (Å²) in [6.07, 6.45) is 0.939. The molecule has 2 N–H and O–H groups in total. The number of hydrogen-bond donors (Lipinski definition) is 1. The maximum atomic E-state index is 12.2. The molecular weight excluding hydrogens is 248 g/mol. The molecule has 0 aromatic carbocycles. The number of ether oxygens (including phenoxy) is 1. The number of carbonyl (C=O) groups excluding carboxylic acids is 1. The van der Waals surface area contributed by atoms with Gasteiger partial charge in [-0.05, 0) is 19.8 Å².